The largest absolute Gasteiger partial charge is 0.325 e. The lowest BCUT2D eigenvalue weighted by atomic mass is 9.91. The average Bonchev–Trinajstić information content (AvgIpc) is 2.67. The zero-order valence-electron chi connectivity index (χ0n) is 17.2. The van der Waals surface area contributed by atoms with E-state index in [2.05, 4.69) is 24.1 Å². The van der Waals surface area contributed by atoms with Crippen LogP contribution in [0, 0.1) is 11.8 Å². The van der Waals surface area contributed by atoms with E-state index >= 15 is 0 Å². The molecule has 1 aromatic carbocycles. The molecule has 28 heavy (non-hydrogen) atoms. The summed E-state index contributed by atoms with van der Waals surface area (Å²) < 4.78 is 27.0. The normalized spacial score (nSPS) is 26.0. The number of rotatable bonds is 5. The predicted molar refractivity (Wildman–Crippen MR) is 112 cm³/mol. The number of sulfonamides is 1. The van der Waals surface area contributed by atoms with Crippen LogP contribution in [0.2, 0.25) is 0 Å². The molecule has 1 amide bonds. The van der Waals surface area contributed by atoms with Crippen molar-refractivity contribution in [3.8, 4) is 0 Å². The number of benzene rings is 1. The summed E-state index contributed by atoms with van der Waals surface area (Å²) in [6.45, 7) is 9.45. The molecule has 2 saturated heterocycles. The number of carbonyl (C=O) groups is 1. The van der Waals surface area contributed by atoms with E-state index in [0.717, 1.165) is 32.4 Å². The van der Waals surface area contributed by atoms with Crippen molar-refractivity contribution in [3.05, 3.63) is 24.3 Å². The van der Waals surface area contributed by atoms with Crippen molar-refractivity contribution < 1.29 is 13.2 Å². The highest BCUT2D eigenvalue weighted by atomic mass is 32.2. The highest BCUT2D eigenvalue weighted by Crippen LogP contribution is 2.24. The van der Waals surface area contributed by atoms with Crippen LogP contribution in [0.3, 0.4) is 0 Å². The standard InChI is InChI=1S/C21H33N3O3S/c1-16-13-17(2)15-23(14-16)18(3)21(25)22-19-7-9-20(10-8-19)28(26,27)24-11-5-4-6-12-24/h7-10,16-18H,4-6,11-15H2,1-3H3,(H,22,25)/t16-,17-,18-/m0/s1. The fourth-order valence-corrected chi connectivity index (χ4v) is 5.92. The number of piperidine rings is 2. The van der Waals surface area contributed by atoms with Crippen molar-refractivity contribution in [1.82, 2.24) is 9.21 Å². The van der Waals surface area contributed by atoms with Gasteiger partial charge in [-0.25, -0.2) is 8.42 Å². The van der Waals surface area contributed by atoms with Crippen LogP contribution in [-0.2, 0) is 14.8 Å². The van der Waals surface area contributed by atoms with Crippen molar-refractivity contribution in [2.45, 2.75) is 57.4 Å². The molecule has 6 nitrogen and oxygen atoms in total. The summed E-state index contributed by atoms with van der Waals surface area (Å²) in [5, 5.41) is 2.94. The highest BCUT2D eigenvalue weighted by Gasteiger charge is 2.29. The molecule has 2 fully saturated rings. The van der Waals surface area contributed by atoms with Crippen LogP contribution in [0.15, 0.2) is 29.2 Å². The molecule has 2 heterocycles. The lowest BCUT2D eigenvalue weighted by Gasteiger charge is -2.38. The molecule has 2 aliphatic heterocycles. The van der Waals surface area contributed by atoms with Gasteiger partial charge in [0.15, 0.2) is 0 Å². The van der Waals surface area contributed by atoms with Gasteiger partial charge in [0.05, 0.1) is 10.9 Å². The van der Waals surface area contributed by atoms with Gasteiger partial charge in [-0.1, -0.05) is 20.3 Å². The van der Waals surface area contributed by atoms with Crippen LogP contribution in [0.1, 0.15) is 46.5 Å². The SMILES string of the molecule is C[C@H]1C[C@H](C)CN([C@@H](C)C(=O)Nc2ccc(S(=O)(=O)N3CCCCC3)cc2)C1. The van der Waals surface area contributed by atoms with E-state index in [1.165, 1.54) is 6.42 Å². The molecule has 0 radical (unpaired) electrons. The number of amides is 1. The van der Waals surface area contributed by atoms with Gasteiger partial charge in [-0.15, -0.1) is 0 Å². The third-order valence-electron chi connectivity index (χ3n) is 5.90. The van der Waals surface area contributed by atoms with Gasteiger partial charge in [-0.05, 0) is 62.3 Å². The lowest BCUT2D eigenvalue weighted by Crippen LogP contribution is -2.48. The Balaban J connectivity index is 1.62. The van der Waals surface area contributed by atoms with E-state index in [1.54, 1.807) is 28.6 Å². The second kappa shape index (κ2) is 8.93. The molecule has 1 N–H and O–H groups in total. The van der Waals surface area contributed by atoms with Gasteiger partial charge in [0.2, 0.25) is 15.9 Å². The summed E-state index contributed by atoms with van der Waals surface area (Å²) in [7, 11) is -3.44. The van der Waals surface area contributed by atoms with Gasteiger partial charge in [0, 0.05) is 31.9 Å². The smallest absolute Gasteiger partial charge is 0.243 e. The van der Waals surface area contributed by atoms with E-state index in [4.69, 9.17) is 0 Å². The molecular weight excluding hydrogens is 374 g/mol. The summed E-state index contributed by atoms with van der Waals surface area (Å²) in [5.41, 5.74) is 0.632. The Hall–Kier alpha value is -1.44. The molecule has 0 saturated carbocycles. The molecule has 0 aromatic heterocycles. The number of hydrogen-bond acceptors (Lipinski definition) is 4. The summed E-state index contributed by atoms with van der Waals surface area (Å²) in [6, 6.07) is 6.35. The fourth-order valence-electron chi connectivity index (χ4n) is 4.40. The van der Waals surface area contributed by atoms with Crippen LogP contribution in [0.5, 0.6) is 0 Å². The minimum absolute atomic E-state index is 0.0482. The number of likely N-dealkylation sites (tertiary alicyclic amines) is 1. The lowest BCUT2D eigenvalue weighted by molar-refractivity contribution is -0.121. The maximum atomic E-state index is 12.7. The van der Waals surface area contributed by atoms with Crippen LogP contribution < -0.4 is 5.32 Å². The van der Waals surface area contributed by atoms with Gasteiger partial charge in [0.25, 0.3) is 0 Å². The van der Waals surface area contributed by atoms with E-state index < -0.39 is 10.0 Å². The Morgan fingerprint density at radius 2 is 1.61 bits per heavy atom. The molecule has 0 aliphatic carbocycles. The Morgan fingerprint density at radius 3 is 2.18 bits per heavy atom. The number of nitrogens with zero attached hydrogens (tertiary/aromatic N) is 2. The second-order valence-corrected chi connectivity index (χ2v) is 10.5. The summed E-state index contributed by atoms with van der Waals surface area (Å²) in [6.07, 6.45) is 4.12. The van der Waals surface area contributed by atoms with Gasteiger partial charge in [-0.2, -0.15) is 4.31 Å². The molecule has 1 aromatic rings. The molecule has 156 valence electrons. The monoisotopic (exact) mass is 407 g/mol. The summed E-state index contributed by atoms with van der Waals surface area (Å²) in [5.74, 6) is 1.14. The maximum absolute atomic E-state index is 12.7. The molecule has 0 bridgehead atoms. The Labute approximate surface area is 169 Å². The molecule has 0 spiro atoms. The van der Waals surface area contributed by atoms with E-state index in [0.29, 0.717) is 35.5 Å². The van der Waals surface area contributed by atoms with E-state index in [9.17, 15) is 13.2 Å². The number of carbonyl (C=O) groups excluding carboxylic acids is 1. The minimum Gasteiger partial charge on any atom is -0.325 e. The Bertz CT molecular complexity index is 763. The molecule has 3 atom stereocenters. The number of anilines is 1. The van der Waals surface area contributed by atoms with Gasteiger partial charge < -0.3 is 5.32 Å². The van der Waals surface area contributed by atoms with Gasteiger partial charge in [0.1, 0.15) is 0 Å². The van der Waals surface area contributed by atoms with Crippen molar-refractivity contribution in [2.75, 3.05) is 31.5 Å². The zero-order valence-corrected chi connectivity index (χ0v) is 18.0. The van der Waals surface area contributed by atoms with Crippen LogP contribution in [0.4, 0.5) is 5.69 Å². The summed E-state index contributed by atoms with van der Waals surface area (Å²) >= 11 is 0. The van der Waals surface area contributed by atoms with Gasteiger partial charge in [-0.3, -0.25) is 9.69 Å². The maximum Gasteiger partial charge on any atom is 0.243 e. The first-order chi connectivity index (χ1) is 13.3. The number of hydrogen-bond donors (Lipinski definition) is 1. The van der Waals surface area contributed by atoms with Crippen LogP contribution in [0.25, 0.3) is 0 Å². The van der Waals surface area contributed by atoms with Crippen LogP contribution >= 0.6 is 0 Å². The quantitative estimate of drug-likeness (QED) is 0.814. The molecular formula is C21H33N3O3S. The Kier molecular flexibility index (Phi) is 6.78. The first kappa shape index (κ1) is 21.3. The second-order valence-electron chi connectivity index (χ2n) is 8.55. The fraction of sp³-hybridized carbons (Fsp3) is 0.667. The van der Waals surface area contributed by atoms with Crippen molar-refractivity contribution in [1.29, 1.82) is 0 Å². The Morgan fingerprint density at radius 1 is 1.04 bits per heavy atom. The van der Waals surface area contributed by atoms with E-state index in [1.807, 2.05) is 6.92 Å². The number of nitrogens with one attached hydrogen (secondary N) is 1. The first-order valence-electron chi connectivity index (χ1n) is 10.4. The van der Waals surface area contributed by atoms with Crippen LogP contribution in [-0.4, -0.2) is 55.8 Å². The minimum atomic E-state index is -3.44. The summed E-state index contributed by atoms with van der Waals surface area (Å²) in [4.78, 5) is 15.2. The van der Waals surface area contributed by atoms with Crippen molar-refractivity contribution in [3.63, 3.8) is 0 Å². The van der Waals surface area contributed by atoms with Crippen molar-refractivity contribution in [2.24, 2.45) is 11.8 Å². The van der Waals surface area contributed by atoms with E-state index in [-0.39, 0.29) is 11.9 Å². The predicted octanol–water partition coefficient (Wildman–Crippen LogP) is 3.17. The third-order valence-corrected chi connectivity index (χ3v) is 7.81. The third kappa shape index (κ3) is 4.93. The van der Waals surface area contributed by atoms with Crippen molar-refractivity contribution >= 4 is 21.6 Å². The van der Waals surface area contributed by atoms with Gasteiger partial charge >= 0.3 is 0 Å². The molecule has 7 heteroatoms. The average molecular weight is 408 g/mol. The molecule has 0 unspecified atom stereocenters. The highest BCUT2D eigenvalue weighted by molar-refractivity contribution is 7.89. The molecule has 2 aliphatic rings. The zero-order chi connectivity index (χ0) is 20.3. The first-order valence-corrected chi connectivity index (χ1v) is 11.9. The topological polar surface area (TPSA) is 69.7 Å². The molecule has 3 rings (SSSR count).